The van der Waals surface area contributed by atoms with Crippen LogP contribution >= 0.6 is 0 Å². The van der Waals surface area contributed by atoms with E-state index in [0.29, 0.717) is 12.0 Å². The van der Waals surface area contributed by atoms with Crippen LogP contribution in [0.5, 0.6) is 5.75 Å². The number of phenolic OH excluding ortho intramolecular Hbond substituents is 1. The zero-order chi connectivity index (χ0) is 10.4. The summed E-state index contributed by atoms with van der Waals surface area (Å²) >= 11 is 0. The summed E-state index contributed by atoms with van der Waals surface area (Å²) in [6.45, 7) is 2.06. The lowest BCUT2D eigenvalue weighted by Gasteiger charge is -2.05. The summed E-state index contributed by atoms with van der Waals surface area (Å²) in [7, 11) is 0. The van der Waals surface area contributed by atoms with E-state index in [1.807, 2.05) is 6.92 Å². The number of para-hydroxylation sites is 1. The fourth-order valence-electron chi connectivity index (χ4n) is 1.07. The number of carbonyl (C=O) groups excluding carboxylic acids is 1. The summed E-state index contributed by atoms with van der Waals surface area (Å²) in [5.41, 5.74) is 0.636. The molecule has 0 spiro atoms. The Balaban J connectivity index is 2.46. The van der Waals surface area contributed by atoms with Crippen LogP contribution < -0.4 is 0 Å². The topological polar surface area (TPSA) is 46.5 Å². The van der Waals surface area contributed by atoms with Gasteiger partial charge >= 0.3 is 5.97 Å². The van der Waals surface area contributed by atoms with Gasteiger partial charge in [-0.2, -0.15) is 0 Å². The fourth-order valence-corrected chi connectivity index (χ4v) is 1.07. The third kappa shape index (κ3) is 3.09. The van der Waals surface area contributed by atoms with Gasteiger partial charge in [-0.3, -0.25) is 4.79 Å². The second-order valence-electron chi connectivity index (χ2n) is 3.04. The molecule has 0 saturated heterocycles. The maximum Gasteiger partial charge on any atom is 0.306 e. The molecule has 0 aromatic heterocycles. The number of hydrogen-bond donors (Lipinski definition) is 1. The molecule has 14 heavy (non-hydrogen) atoms. The molecule has 0 bridgehead atoms. The van der Waals surface area contributed by atoms with Crippen molar-refractivity contribution in [3.8, 4) is 5.75 Å². The average molecular weight is 194 g/mol. The molecule has 3 heteroatoms. The highest BCUT2D eigenvalue weighted by molar-refractivity contribution is 5.69. The number of hydrogen-bond acceptors (Lipinski definition) is 3. The summed E-state index contributed by atoms with van der Waals surface area (Å²) < 4.78 is 4.95. The maximum absolute atomic E-state index is 11.0. The summed E-state index contributed by atoms with van der Waals surface area (Å²) in [4.78, 5) is 11.0. The molecule has 76 valence electrons. The number of phenols is 1. The first-order valence-corrected chi connectivity index (χ1v) is 4.66. The van der Waals surface area contributed by atoms with Gasteiger partial charge in [-0.1, -0.05) is 25.1 Å². The van der Waals surface area contributed by atoms with Crippen LogP contribution in [0.15, 0.2) is 24.3 Å². The van der Waals surface area contributed by atoms with Gasteiger partial charge in [0.15, 0.2) is 0 Å². The molecule has 1 rings (SSSR count). The van der Waals surface area contributed by atoms with E-state index in [4.69, 9.17) is 4.74 Å². The van der Waals surface area contributed by atoms with Crippen LogP contribution in [0.1, 0.15) is 25.3 Å². The molecule has 0 aliphatic rings. The van der Waals surface area contributed by atoms with Crippen molar-refractivity contribution < 1.29 is 14.6 Å². The lowest BCUT2D eigenvalue weighted by Crippen LogP contribution is -2.03. The van der Waals surface area contributed by atoms with E-state index in [9.17, 15) is 9.90 Å². The minimum atomic E-state index is -0.226. The van der Waals surface area contributed by atoms with E-state index in [0.717, 1.165) is 6.42 Å². The van der Waals surface area contributed by atoms with Gasteiger partial charge < -0.3 is 9.84 Å². The molecule has 0 unspecified atom stereocenters. The molecule has 0 radical (unpaired) electrons. The zero-order valence-corrected chi connectivity index (χ0v) is 8.19. The highest BCUT2D eigenvalue weighted by Gasteiger charge is 2.03. The molecule has 1 aromatic carbocycles. The largest absolute Gasteiger partial charge is 0.508 e. The summed E-state index contributed by atoms with van der Waals surface area (Å²) in [5.74, 6) is -0.0625. The first-order chi connectivity index (χ1) is 6.74. The third-order valence-corrected chi connectivity index (χ3v) is 1.83. The van der Waals surface area contributed by atoms with E-state index in [2.05, 4.69) is 0 Å². The first-order valence-electron chi connectivity index (χ1n) is 4.66. The Morgan fingerprint density at radius 1 is 1.43 bits per heavy atom. The standard InChI is InChI=1S/C11H14O3/c1-2-5-11(13)14-8-9-6-3-4-7-10(9)12/h3-4,6-7,12H,2,5,8H2,1H3. The molecule has 1 aromatic rings. The van der Waals surface area contributed by atoms with E-state index in [-0.39, 0.29) is 18.3 Å². The molecule has 0 aliphatic heterocycles. The number of ether oxygens (including phenoxy) is 1. The van der Waals surface area contributed by atoms with Crippen molar-refractivity contribution in [2.24, 2.45) is 0 Å². The van der Waals surface area contributed by atoms with Crippen LogP contribution in [-0.2, 0) is 16.1 Å². The number of rotatable bonds is 4. The summed E-state index contributed by atoms with van der Waals surface area (Å²) in [5, 5.41) is 9.36. The van der Waals surface area contributed by atoms with Gasteiger partial charge in [0.2, 0.25) is 0 Å². The van der Waals surface area contributed by atoms with Crippen LogP contribution in [0.3, 0.4) is 0 Å². The minimum Gasteiger partial charge on any atom is -0.508 e. The lowest BCUT2D eigenvalue weighted by molar-refractivity contribution is -0.145. The predicted molar refractivity (Wildman–Crippen MR) is 52.8 cm³/mol. The third-order valence-electron chi connectivity index (χ3n) is 1.83. The van der Waals surface area contributed by atoms with Crippen molar-refractivity contribution in [2.75, 3.05) is 0 Å². The number of aromatic hydroxyl groups is 1. The quantitative estimate of drug-likeness (QED) is 0.747. The molecule has 0 amide bonds. The lowest BCUT2D eigenvalue weighted by atomic mass is 10.2. The van der Waals surface area contributed by atoms with Crippen LogP contribution in [0.2, 0.25) is 0 Å². The Hall–Kier alpha value is -1.51. The van der Waals surface area contributed by atoms with Crippen molar-refractivity contribution >= 4 is 5.97 Å². The predicted octanol–water partition coefficient (Wildman–Crippen LogP) is 2.24. The van der Waals surface area contributed by atoms with Crippen LogP contribution in [0.25, 0.3) is 0 Å². The van der Waals surface area contributed by atoms with Gasteiger partial charge in [-0.15, -0.1) is 0 Å². The van der Waals surface area contributed by atoms with Gasteiger partial charge in [-0.05, 0) is 12.5 Å². The fraction of sp³-hybridized carbons (Fsp3) is 0.364. The number of carbonyl (C=O) groups is 1. The van der Waals surface area contributed by atoms with Crippen LogP contribution in [0.4, 0.5) is 0 Å². The highest BCUT2D eigenvalue weighted by atomic mass is 16.5. The van der Waals surface area contributed by atoms with Gasteiger partial charge in [0.05, 0.1) is 0 Å². The maximum atomic E-state index is 11.0. The smallest absolute Gasteiger partial charge is 0.306 e. The van der Waals surface area contributed by atoms with Gasteiger partial charge in [-0.25, -0.2) is 0 Å². The molecule has 0 fully saturated rings. The van der Waals surface area contributed by atoms with Crippen molar-refractivity contribution in [3.63, 3.8) is 0 Å². The molecule has 1 N–H and O–H groups in total. The van der Waals surface area contributed by atoms with E-state index >= 15 is 0 Å². The molecule has 0 heterocycles. The Morgan fingerprint density at radius 3 is 2.79 bits per heavy atom. The van der Waals surface area contributed by atoms with Crippen LogP contribution in [-0.4, -0.2) is 11.1 Å². The first kappa shape index (κ1) is 10.6. The second-order valence-corrected chi connectivity index (χ2v) is 3.04. The molecule has 0 atom stereocenters. The average Bonchev–Trinajstić information content (AvgIpc) is 2.17. The zero-order valence-electron chi connectivity index (χ0n) is 8.19. The molecular weight excluding hydrogens is 180 g/mol. The van der Waals surface area contributed by atoms with Crippen LogP contribution in [0, 0.1) is 0 Å². The number of benzene rings is 1. The SMILES string of the molecule is CCCC(=O)OCc1ccccc1O. The van der Waals surface area contributed by atoms with Crippen molar-refractivity contribution in [1.82, 2.24) is 0 Å². The van der Waals surface area contributed by atoms with Crippen molar-refractivity contribution in [2.45, 2.75) is 26.4 Å². The Kier molecular flexibility index (Phi) is 3.98. The Labute approximate surface area is 83.3 Å². The second kappa shape index (κ2) is 5.27. The minimum absolute atomic E-state index is 0.144. The molecular formula is C11H14O3. The molecule has 0 saturated carbocycles. The normalized spacial score (nSPS) is 9.79. The van der Waals surface area contributed by atoms with E-state index in [1.165, 1.54) is 0 Å². The summed E-state index contributed by atoms with van der Waals surface area (Å²) in [6.07, 6.45) is 1.20. The van der Waals surface area contributed by atoms with Crippen molar-refractivity contribution in [3.05, 3.63) is 29.8 Å². The van der Waals surface area contributed by atoms with Gasteiger partial charge in [0, 0.05) is 12.0 Å². The monoisotopic (exact) mass is 194 g/mol. The molecule has 0 aliphatic carbocycles. The Bertz CT molecular complexity index is 307. The van der Waals surface area contributed by atoms with E-state index < -0.39 is 0 Å². The van der Waals surface area contributed by atoms with E-state index in [1.54, 1.807) is 24.3 Å². The summed E-state index contributed by atoms with van der Waals surface area (Å²) in [6, 6.07) is 6.83. The molecule has 3 nitrogen and oxygen atoms in total. The highest BCUT2D eigenvalue weighted by Crippen LogP contribution is 2.16. The van der Waals surface area contributed by atoms with Gasteiger partial charge in [0.1, 0.15) is 12.4 Å². The number of esters is 1. The van der Waals surface area contributed by atoms with Gasteiger partial charge in [0.25, 0.3) is 0 Å². The van der Waals surface area contributed by atoms with Crippen molar-refractivity contribution in [1.29, 1.82) is 0 Å². The Morgan fingerprint density at radius 2 is 2.14 bits per heavy atom.